The Bertz CT molecular complexity index is 259. The van der Waals surface area contributed by atoms with Crippen LogP contribution in [0.15, 0.2) is 24.3 Å². The highest BCUT2D eigenvalue weighted by Crippen LogP contribution is 2.18. The predicted octanol–water partition coefficient (Wildman–Crippen LogP) is 4.70. The Hall–Kier alpha value is -0.980. The molecule has 0 atom stereocenters. The van der Waals surface area contributed by atoms with Crippen LogP contribution in [-0.2, 0) is 6.42 Å². The third kappa shape index (κ3) is 4.69. The second-order valence-corrected chi connectivity index (χ2v) is 4.07. The minimum Gasteiger partial charge on any atom is -0.497 e. The van der Waals surface area contributed by atoms with Crippen LogP contribution in [0.25, 0.3) is 0 Å². The number of benzene rings is 1. The van der Waals surface area contributed by atoms with Crippen molar-refractivity contribution >= 4 is 0 Å². The van der Waals surface area contributed by atoms with Gasteiger partial charge in [0.25, 0.3) is 0 Å². The maximum absolute atomic E-state index is 5.14. The summed E-state index contributed by atoms with van der Waals surface area (Å²) in [6, 6.07) is 8.42. The fourth-order valence-electron chi connectivity index (χ4n) is 1.86. The SMILES string of the molecule is C.CCC(CC)CCc1ccc(OC)cc1. The number of methoxy groups -OCH3 is 1. The third-order valence-corrected chi connectivity index (χ3v) is 3.16. The van der Waals surface area contributed by atoms with Gasteiger partial charge in [-0.05, 0) is 36.5 Å². The first kappa shape index (κ1) is 15.0. The lowest BCUT2D eigenvalue weighted by molar-refractivity contribution is 0.414. The van der Waals surface area contributed by atoms with E-state index < -0.39 is 0 Å². The molecule has 1 nitrogen and oxygen atoms in total. The van der Waals surface area contributed by atoms with Gasteiger partial charge in [-0.25, -0.2) is 0 Å². The van der Waals surface area contributed by atoms with E-state index in [1.807, 2.05) is 12.1 Å². The van der Waals surface area contributed by atoms with Gasteiger partial charge in [0.2, 0.25) is 0 Å². The lowest BCUT2D eigenvalue weighted by Gasteiger charge is -2.11. The van der Waals surface area contributed by atoms with E-state index in [-0.39, 0.29) is 7.43 Å². The van der Waals surface area contributed by atoms with Crippen molar-refractivity contribution in [3.8, 4) is 5.75 Å². The molecule has 0 spiro atoms. The highest BCUT2D eigenvalue weighted by Gasteiger charge is 2.03. The molecular formula is C15H26O. The van der Waals surface area contributed by atoms with E-state index in [4.69, 9.17) is 4.74 Å². The first-order chi connectivity index (χ1) is 7.30. The summed E-state index contributed by atoms with van der Waals surface area (Å²) in [6.45, 7) is 4.56. The summed E-state index contributed by atoms with van der Waals surface area (Å²) in [6.07, 6.45) is 5.09. The molecule has 0 aliphatic carbocycles. The van der Waals surface area contributed by atoms with Crippen molar-refractivity contribution in [1.29, 1.82) is 0 Å². The zero-order valence-electron chi connectivity index (χ0n) is 10.1. The van der Waals surface area contributed by atoms with Crippen LogP contribution in [0.1, 0.15) is 46.1 Å². The van der Waals surface area contributed by atoms with Gasteiger partial charge in [-0.1, -0.05) is 46.2 Å². The molecule has 0 saturated heterocycles. The van der Waals surface area contributed by atoms with Crippen molar-refractivity contribution in [3.63, 3.8) is 0 Å². The largest absolute Gasteiger partial charge is 0.497 e. The minimum absolute atomic E-state index is 0. The maximum atomic E-state index is 5.14. The van der Waals surface area contributed by atoms with Crippen LogP contribution >= 0.6 is 0 Å². The molecule has 0 saturated carbocycles. The van der Waals surface area contributed by atoms with E-state index >= 15 is 0 Å². The van der Waals surface area contributed by atoms with Gasteiger partial charge in [-0.2, -0.15) is 0 Å². The number of rotatable bonds is 6. The van der Waals surface area contributed by atoms with Crippen molar-refractivity contribution in [2.24, 2.45) is 5.92 Å². The van der Waals surface area contributed by atoms with Crippen LogP contribution in [0.2, 0.25) is 0 Å². The maximum Gasteiger partial charge on any atom is 0.118 e. The first-order valence-electron chi connectivity index (χ1n) is 5.93. The van der Waals surface area contributed by atoms with Crippen molar-refractivity contribution in [3.05, 3.63) is 29.8 Å². The molecule has 0 aromatic heterocycles. The average Bonchev–Trinajstić information content (AvgIpc) is 2.31. The monoisotopic (exact) mass is 222 g/mol. The van der Waals surface area contributed by atoms with Crippen LogP contribution in [0.5, 0.6) is 5.75 Å². The van der Waals surface area contributed by atoms with Crippen LogP contribution in [0.3, 0.4) is 0 Å². The fourth-order valence-corrected chi connectivity index (χ4v) is 1.86. The number of aryl methyl sites for hydroxylation is 1. The lowest BCUT2D eigenvalue weighted by atomic mass is 9.95. The molecule has 0 aliphatic rings. The van der Waals surface area contributed by atoms with Crippen molar-refractivity contribution in [2.45, 2.75) is 47.0 Å². The Morgan fingerprint density at radius 3 is 2.06 bits per heavy atom. The van der Waals surface area contributed by atoms with Gasteiger partial charge in [-0.15, -0.1) is 0 Å². The standard InChI is InChI=1S/C14H22O.CH4/c1-4-12(5-2)6-7-13-8-10-14(15-3)11-9-13;/h8-12H,4-7H2,1-3H3;1H4. The van der Waals surface area contributed by atoms with Crippen LogP contribution < -0.4 is 4.74 Å². The summed E-state index contributed by atoms with van der Waals surface area (Å²) in [5.41, 5.74) is 1.42. The summed E-state index contributed by atoms with van der Waals surface area (Å²) in [5, 5.41) is 0. The zero-order valence-corrected chi connectivity index (χ0v) is 10.1. The molecule has 0 heterocycles. The van der Waals surface area contributed by atoms with E-state index in [1.165, 1.54) is 31.2 Å². The Balaban J connectivity index is 0.00000225. The molecule has 0 unspecified atom stereocenters. The molecule has 92 valence electrons. The van der Waals surface area contributed by atoms with Gasteiger partial charge in [0, 0.05) is 0 Å². The Morgan fingerprint density at radius 1 is 1.06 bits per heavy atom. The summed E-state index contributed by atoms with van der Waals surface area (Å²) < 4.78 is 5.14. The van der Waals surface area contributed by atoms with Crippen LogP contribution in [0.4, 0.5) is 0 Å². The first-order valence-corrected chi connectivity index (χ1v) is 5.93. The molecule has 0 N–H and O–H groups in total. The van der Waals surface area contributed by atoms with Crippen molar-refractivity contribution in [2.75, 3.05) is 7.11 Å². The van der Waals surface area contributed by atoms with Gasteiger partial charge in [-0.3, -0.25) is 0 Å². The van der Waals surface area contributed by atoms with E-state index in [0.29, 0.717) is 0 Å². The smallest absolute Gasteiger partial charge is 0.118 e. The van der Waals surface area contributed by atoms with E-state index in [2.05, 4.69) is 26.0 Å². The molecule has 0 bridgehead atoms. The second-order valence-electron chi connectivity index (χ2n) is 4.07. The highest BCUT2D eigenvalue weighted by molar-refractivity contribution is 5.27. The molecule has 0 amide bonds. The third-order valence-electron chi connectivity index (χ3n) is 3.16. The molecule has 1 aromatic rings. The van der Waals surface area contributed by atoms with E-state index in [9.17, 15) is 0 Å². The molecule has 0 aliphatic heterocycles. The predicted molar refractivity (Wildman–Crippen MR) is 72.1 cm³/mol. The number of ether oxygens (including phenoxy) is 1. The van der Waals surface area contributed by atoms with Gasteiger partial charge in [0.1, 0.15) is 5.75 Å². The molecular weight excluding hydrogens is 196 g/mol. The quantitative estimate of drug-likeness (QED) is 0.678. The van der Waals surface area contributed by atoms with Crippen molar-refractivity contribution < 1.29 is 4.74 Å². The van der Waals surface area contributed by atoms with Crippen LogP contribution in [0, 0.1) is 5.92 Å². The Morgan fingerprint density at radius 2 is 1.62 bits per heavy atom. The number of hydrogen-bond acceptors (Lipinski definition) is 1. The summed E-state index contributed by atoms with van der Waals surface area (Å²) in [7, 11) is 1.71. The molecule has 1 rings (SSSR count). The normalized spacial score (nSPS) is 10.0. The molecule has 1 aromatic carbocycles. The lowest BCUT2D eigenvalue weighted by Crippen LogP contribution is -1.99. The fraction of sp³-hybridized carbons (Fsp3) is 0.600. The highest BCUT2D eigenvalue weighted by atomic mass is 16.5. The topological polar surface area (TPSA) is 9.23 Å². The molecule has 0 radical (unpaired) electrons. The molecule has 16 heavy (non-hydrogen) atoms. The summed E-state index contributed by atoms with van der Waals surface area (Å²) in [4.78, 5) is 0. The van der Waals surface area contributed by atoms with Crippen LogP contribution in [-0.4, -0.2) is 7.11 Å². The second kappa shape index (κ2) is 8.20. The average molecular weight is 222 g/mol. The van der Waals surface area contributed by atoms with Crippen molar-refractivity contribution in [1.82, 2.24) is 0 Å². The molecule has 0 fully saturated rings. The van der Waals surface area contributed by atoms with E-state index in [1.54, 1.807) is 7.11 Å². The summed E-state index contributed by atoms with van der Waals surface area (Å²) in [5.74, 6) is 1.83. The molecule has 1 heteroatoms. The minimum atomic E-state index is 0. The Labute approximate surface area is 101 Å². The zero-order chi connectivity index (χ0) is 11.1. The van der Waals surface area contributed by atoms with Gasteiger partial charge in [0.05, 0.1) is 7.11 Å². The summed E-state index contributed by atoms with van der Waals surface area (Å²) >= 11 is 0. The van der Waals surface area contributed by atoms with E-state index in [0.717, 1.165) is 11.7 Å². The Kier molecular flexibility index (Phi) is 7.70. The van der Waals surface area contributed by atoms with Gasteiger partial charge in [0.15, 0.2) is 0 Å². The van der Waals surface area contributed by atoms with Gasteiger partial charge < -0.3 is 4.74 Å². The van der Waals surface area contributed by atoms with Gasteiger partial charge >= 0.3 is 0 Å². The number of hydrogen-bond donors (Lipinski definition) is 0.